The lowest BCUT2D eigenvalue weighted by atomic mass is 10.1. The molecule has 1 aliphatic rings. The first kappa shape index (κ1) is 16.6. The maximum Gasteiger partial charge on any atom is 0.422 e. The summed E-state index contributed by atoms with van der Waals surface area (Å²) in [4.78, 5) is 0. The second-order valence-electron chi connectivity index (χ2n) is 5.58. The van der Waals surface area contributed by atoms with Gasteiger partial charge in [0.25, 0.3) is 0 Å². The molecule has 8 heteroatoms. The van der Waals surface area contributed by atoms with Crippen molar-refractivity contribution in [2.24, 2.45) is 0 Å². The molecule has 0 saturated carbocycles. The highest BCUT2D eigenvalue weighted by atomic mass is 79.9. The van der Waals surface area contributed by atoms with Crippen LogP contribution in [0.1, 0.15) is 31.1 Å². The second kappa shape index (κ2) is 6.32. The highest BCUT2D eigenvalue weighted by molar-refractivity contribution is 9.10. The SMILES string of the molecule is Cc1cc2c(cnn2C2CCCCO2)c(Br)c1OCC(F)(F)F. The summed E-state index contributed by atoms with van der Waals surface area (Å²) in [7, 11) is 0. The summed E-state index contributed by atoms with van der Waals surface area (Å²) in [6.07, 6.45) is 0.0969. The minimum absolute atomic E-state index is 0.130. The van der Waals surface area contributed by atoms with Gasteiger partial charge in [-0.2, -0.15) is 18.3 Å². The monoisotopic (exact) mass is 392 g/mol. The van der Waals surface area contributed by atoms with E-state index in [1.54, 1.807) is 23.9 Å². The zero-order chi connectivity index (χ0) is 16.6. The lowest BCUT2D eigenvalue weighted by molar-refractivity contribution is -0.153. The third-order valence-corrected chi connectivity index (χ3v) is 4.58. The number of alkyl halides is 3. The molecule has 0 radical (unpaired) electrons. The van der Waals surface area contributed by atoms with Gasteiger partial charge in [0.2, 0.25) is 0 Å². The van der Waals surface area contributed by atoms with Gasteiger partial charge in [-0.05, 0) is 53.7 Å². The number of aromatic nitrogens is 2. The van der Waals surface area contributed by atoms with E-state index in [1.807, 2.05) is 0 Å². The molecule has 0 bridgehead atoms. The average molecular weight is 393 g/mol. The highest BCUT2D eigenvalue weighted by Gasteiger charge is 2.29. The number of ether oxygens (including phenoxy) is 2. The van der Waals surface area contributed by atoms with E-state index in [4.69, 9.17) is 9.47 Å². The van der Waals surface area contributed by atoms with Gasteiger partial charge in [0.05, 0.1) is 16.2 Å². The highest BCUT2D eigenvalue weighted by Crippen LogP contribution is 2.38. The standard InChI is InChI=1S/C15H16BrF3N2O2/c1-9-6-11-10(13(16)14(9)23-8-15(17,18)19)7-20-21(11)12-4-2-3-5-22-12/h6-7,12H,2-5,8H2,1H3. The number of hydrogen-bond donors (Lipinski definition) is 0. The first-order valence-corrected chi connectivity index (χ1v) is 8.13. The molecular formula is C15H16BrF3N2O2. The molecule has 1 unspecified atom stereocenters. The van der Waals surface area contributed by atoms with Gasteiger partial charge in [0, 0.05) is 12.0 Å². The van der Waals surface area contributed by atoms with Gasteiger partial charge in [-0.3, -0.25) is 0 Å². The molecule has 2 heterocycles. The van der Waals surface area contributed by atoms with Crippen molar-refractivity contribution in [1.82, 2.24) is 9.78 Å². The van der Waals surface area contributed by atoms with Crippen LogP contribution in [-0.4, -0.2) is 29.2 Å². The Kier molecular flexibility index (Phi) is 4.55. The van der Waals surface area contributed by atoms with Gasteiger partial charge >= 0.3 is 6.18 Å². The number of halogens is 4. The first-order valence-electron chi connectivity index (χ1n) is 7.34. The minimum Gasteiger partial charge on any atom is -0.483 e. The normalized spacial score (nSPS) is 19.3. The number of benzene rings is 1. The van der Waals surface area contributed by atoms with Crippen molar-refractivity contribution in [2.45, 2.75) is 38.6 Å². The van der Waals surface area contributed by atoms with Crippen LogP contribution in [0.25, 0.3) is 10.9 Å². The van der Waals surface area contributed by atoms with Crippen molar-refractivity contribution < 1.29 is 22.6 Å². The van der Waals surface area contributed by atoms with E-state index in [2.05, 4.69) is 21.0 Å². The lowest BCUT2D eigenvalue weighted by Crippen LogP contribution is -2.20. The van der Waals surface area contributed by atoms with Crippen LogP contribution in [-0.2, 0) is 4.74 Å². The number of hydrogen-bond acceptors (Lipinski definition) is 3. The number of aryl methyl sites for hydroxylation is 1. The summed E-state index contributed by atoms with van der Waals surface area (Å²) < 4.78 is 50.1. The number of rotatable bonds is 3. The van der Waals surface area contributed by atoms with Crippen molar-refractivity contribution in [1.29, 1.82) is 0 Å². The lowest BCUT2D eigenvalue weighted by Gasteiger charge is -2.23. The fourth-order valence-corrected chi connectivity index (χ4v) is 3.46. The molecule has 1 fully saturated rings. The van der Waals surface area contributed by atoms with Crippen molar-refractivity contribution in [2.75, 3.05) is 13.2 Å². The third kappa shape index (κ3) is 3.47. The van der Waals surface area contributed by atoms with E-state index in [9.17, 15) is 13.2 Å². The smallest absolute Gasteiger partial charge is 0.422 e. The van der Waals surface area contributed by atoms with Crippen molar-refractivity contribution >= 4 is 26.8 Å². The largest absolute Gasteiger partial charge is 0.483 e. The maximum absolute atomic E-state index is 12.4. The summed E-state index contributed by atoms with van der Waals surface area (Å²) in [5, 5.41) is 5.06. The molecule has 1 aromatic carbocycles. The minimum atomic E-state index is -4.37. The topological polar surface area (TPSA) is 36.3 Å². The van der Waals surface area contributed by atoms with E-state index < -0.39 is 12.8 Å². The number of nitrogens with zero attached hydrogens (tertiary/aromatic N) is 2. The molecule has 1 atom stereocenters. The van der Waals surface area contributed by atoms with Gasteiger partial charge in [0.1, 0.15) is 5.75 Å². The molecule has 1 aromatic heterocycles. The Balaban J connectivity index is 1.97. The van der Waals surface area contributed by atoms with Gasteiger partial charge < -0.3 is 9.47 Å². The fraction of sp³-hybridized carbons (Fsp3) is 0.533. The van der Waals surface area contributed by atoms with Crippen LogP contribution in [0.5, 0.6) is 5.75 Å². The van der Waals surface area contributed by atoms with Crippen LogP contribution in [0, 0.1) is 6.92 Å². The Morgan fingerprint density at radius 2 is 2.22 bits per heavy atom. The van der Waals surface area contributed by atoms with Crippen molar-refractivity contribution in [3.05, 3.63) is 22.3 Å². The fourth-order valence-electron chi connectivity index (χ4n) is 2.73. The molecule has 0 amide bonds. The third-order valence-electron chi connectivity index (χ3n) is 3.79. The summed E-state index contributed by atoms with van der Waals surface area (Å²) >= 11 is 3.35. The van der Waals surface area contributed by atoms with E-state index in [-0.39, 0.29) is 12.0 Å². The van der Waals surface area contributed by atoms with E-state index >= 15 is 0 Å². The van der Waals surface area contributed by atoms with Gasteiger partial charge in [-0.1, -0.05) is 0 Å². The van der Waals surface area contributed by atoms with E-state index in [0.717, 1.165) is 24.8 Å². The molecule has 126 valence electrons. The predicted molar refractivity (Wildman–Crippen MR) is 82.6 cm³/mol. The van der Waals surface area contributed by atoms with Crippen LogP contribution in [0.2, 0.25) is 0 Å². The molecular weight excluding hydrogens is 377 g/mol. The average Bonchev–Trinajstić information content (AvgIpc) is 2.90. The zero-order valence-electron chi connectivity index (χ0n) is 12.5. The predicted octanol–water partition coefficient (Wildman–Crippen LogP) is 4.75. The molecule has 23 heavy (non-hydrogen) atoms. The Morgan fingerprint density at radius 1 is 1.43 bits per heavy atom. The molecule has 0 aliphatic carbocycles. The number of fused-ring (bicyclic) bond motifs is 1. The van der Waals surface area contributed by atoms with Crippen LogP contribution >= 0.6 is 15.9 Å². The zero-order valence-corrected chi connectivity index (χ0v) is 14.1. The van der Waals surface area contributed by atoms with Gasteiger partial charge in [0.15, 0.2) is 12.8 Å². The Morgan fingerprint density at radius 3 is 2.87 bits per heavy atom. The molecule has 4 nitrogen and oxygen atoms in total. The van der Waals surface area contributed by atoms with Crippen molar-refractivity contribution in [3.8, 4) is 5.75 Å². The second-order valence-corrected chi connectivity index (χ2v) is 6.38. The quantitative estimate of drug-likeness (QED) is 0.756. The van der Waals surface area contributed by atoms with Gasteiger partial charge in [-0.25, -0.2) is 4.68 Å². The summed E-state index contributed by atoms with van der Waals surface area (Å²) in [6.45, 7) is 1.09. The van der Waals surface area contributed by atoms with Gasteiger partial charge in [-0.15, -0.1) is 0 Å². The molecule has 2 aromatic rings. The van der Waals surface area contributed by atoms with Crippen LogP contribution in [0.15, 0.2) is 16.7 Å². The Bertz CT molecular complexity index is 709. The summed E-state index contributed by atoms with van der Waals surface area (Å²) in [6, 6.07) is 1.79. The van der Waals surface area contributed by atoms with Crippen molar-refractivity contribution in [3.63, 3.8) is 0 Å². The maximum atomic E-state index is 12.4. The van der Waals surface area contributed by atoms with E-state index in [0.29, 0.717) is 22.0 Å². The molecule has 1 aliphatic heterocycles. The first-order chi connectivity index (χ1) is 10.9. The summed E-state index contributed by atoms with van der Waals surface area (Å²) in [5.74, 6) is 0.193. The molecule has 3 rings (SSSR count). The molecule has 1 saturated heterocycles. The van der Waals surface area contributed by atoms with E-state index in [1.165, 1.54) is 0 Å². The Hall–Kier alpha value is -1.28. The van der Waals surface area contributed by atoms with Crippen LogP contribution in [0.4, 0.5) is 13.2 Å². The summed E-state index contributed by atoms with van der Waals surface area (Å²) in [5.41, 5.74) is 1.44. The van der Waals surface area contributed by atoms with Crippen LogP contribution in [0.3, 0.4) is 0 Å². The van der Waals surface area contributed by atoms with Crippen LogP contribution < -0.4 is 4.74 Å². The molecule has 0 spiro atoms. The molecule has 0 N–H and O–H groups in total. The Labute approximate surface area is 139 Å².